The zero-order valence-corrected chi connectivity index (χ0v) is 10.9. The highest BCUT2D eigenvalue weighted by Crippen LogP contribution is 2.27. The molecule has 19 heavy (non-hydrogen) atoms. The lowest BCUT2D eigenvalue weighted by Gasteiger charge is -2.20. The third kappa shape index (κ3) is 2.62. The molecule has 0 bridgehead atoms. The van der Waals surface area contributed by atoms with Gasteiger partial charge in [0.1, 0.15) is 0 Å². The van der Waals surface area contributed by atoms with Crippen LogP contribution in [0.3, 0.4) is 0 Å². The molecule has 2 aromatic rings. The lowest BCUT2D eigenvalue weighted by molar-refractivity contribution is 0.0950. The fourth-order valence-electron chi connectivity index (χ4n) is 2.98. The second-order valence-electron chi connectivity index (χ2n) is 5.47. The van der Waals surface area contributed by atoms with Crippen molar-refractivity contribution in [1.82, 2.24) is 9.97 Å². The van der Waals surface area contributed by atoms with Gasteiger partial charge in [-0.3, -0.25) is 4.79 Å². The minimum atomic E-state index is -0.230. The molecule has 0 aliphatic heterocycles. The third-order valence-corrected chi connectivity index (χ3v) is 4.04. The van der Waals surface area contributed by atoms with Gasteiger partial charge in [0.05, 0.1) is 11.0 Å². The van der Waals surface area contributed by atoms with E-state index in [0.717, 1.165) is 5.52 Å². The van der Waals surface area contributed by atoms with E-state index in [0.29, 0.717) is 23.4 Å². The van der Waals surface area contributed by atoms with E-state index in [-0.39, 0.29) is 11.5 Å². The normalized spacial score (nSPS) is 16.8. The standard InChI is InChI=1S/C15H18N2O2/c18-14(8-10-4-2-1-3-5-10)11-6-7-12-13(9-11)17-15(19)16-12/h6-7,9-10H,1-5,8H2,(H2,16,17,19). The average molecular weight is 258 g/mol. The number of imidazole rings is 1. The highest BCUT2D eigenvalue weighted by atomic mass is 16.1. The topological polar surface area (TPSA) is 65.7 Å². The van der Waals surface area contributed by atoms with Crippen molar-refractivity contribution in [3.63, 3.8) is 0 Å². The number of carbonyl (C=O) groups is 1. The fourth-order valence-corrected chi connectivity index (χ4v) is 2.98. The number of Topliss-reactive ketones (excluding diaryl/α,β-unsaturated/α-hetero) is 1. The maximum absolute atomic E-state index is 12.3. The van der Waals surface area contributed by atoms with Gasteiger partial charge in [-0.15, -0.1) is 0 Å². The van der Waals surface area contributed by atoms with Crippen LogP contribution < -0.4 is 5.69 Å². The van der Waals surface area contributed by atoms with Crippen molar-refractivity contribution in [2.45, 2.75) is 38.5 Å². The summed E-state index contributed by atoms with van der Waals surface area (Å²) in [5.41, 5.74) is 1.93. The molecule has 1 aliphatic carbocycles. The van der Waals surface area contributed by atoms with E-state index in [2.05, 4.69) is 9.97 Å². The molecule has 1 aromatic carbocycles. The zero-order valence-electron chi connectivity index (χ0n) is 10.9. The SMILES string of the molecule is O=C(CC1CCCCC1)c1ccc2[nH]c(=O)[nH]c2c1. The first-order valence-corrected chi connectivity index (χ1v) is 6.97. The highest BCUT2D eigenvalue weighted by Gasteiger charge is 2.18. The predicted octanol–water partition coefficient (Wildman–Crippen LogP) is 3.01. The first-order chi connectivity index (χ1) is 9.22. The van der Waals surface area contributed by atoms with Crippen LogP contribution in [-0.4, -0.2) is 15.8 Å². The molecule has 0 radical (unpaired) electrons. The van der Waals surface area contributed by atoms with Gasteiger partial charge in [-0.1, -0.05) is 32.1 Å². The molecule has 0 atom stereocenters. The number of benzene rings is 1. The van der Waals surface area contributed by atoms with Gasteiger partial charge in [-0.05, 0) is 24.1 Å². The molecule has 0 spiro atoms. The number of H-pyrrole nitrogens is 2. The van der Waals surface area contributed by atoms with E-state index in [1.54, 1.807) is 18.2 Å². The zero-order chi connectivity index (χ0) is 13.2. The van der Waals surface area contributed by atoms with Crippen molar-refractivity contribution in [2.24, 2.45) is 5.92 Å². The molecule has 1 fully saturated rings. The Morgan fingerprint density at radius 1 is 1.11 bits per heavy atom. The van der Waals surface area contributed by atoms with E-state index >= 15 is 0 Å². The largest absolute Gasteiger partial charge is 0.323 e. The summed E-state index contributed by atoms with van der Waals surface area (Å²) in [6, 6.07) is 5.37. The van der Waals surface area contributed by atoms with E-state index < -0.39 is 0 Å². The summed E-state index contributed by atoms with van der Waals surface area (Å²) in [7, 11) is 0. The van der Waals surface area contributed by atoms with Crippen LogP contribution in [0.2, 0.25) is 0 Å². The summed E-state index contributed by atoms with van der Waals surface area (Å²) in [5, 5.41) is 0. The van der Waals surface area contributed by atoms with Crippen LogP contribution in [0.25, 0.3) is 11.0 Å². The minimum Gasteiger partial charge on any atom is -0.306 e. The summed E-state index contributed by atoms with van der Waals surface area (Å²) in [4.78, 5) is 28.8. The smallest absolute Gasteiger partial charge is 0.306 e. The Balaban J connectivity index is 1.78. The Bertz CT molecular complexity index is 647. The van der Waals surface area contributed by atoms with E-state index in [1.807, 2.05) is 0 Å². The molecule has 1 aromatic heterocycles. The number of rotatable bonds is 3. The van der Waals surface area contributed by atoms with Crippen molar-refractivity contribution in [2.75, 3.05) is 0 Å². The summed E-state index contributed by atoms with van der Waals surface area (Å²) in [6.45, 7) is 0. The van der Waals surface area contributed by atoms with Crippen LogP contribution >= 0.6 is 0 Å². The number of ketones is 1. The van der Waals surface area contributed by atoms with Gasteiger partial charge < -0.3 is 9.97 Å². The molecule has 3 rings (SSSR count). The molecule has 1 heterocycles. The first-order valence-electron chi connectivity index (χ1n) is 6.97. The number of nitrogens with one attached hydrogen (secondary N) is 2. The minimum absolute atomic E-state index is 0.191. The molecular formula is C15H18N2O2. The van der Waals surface area contributed by atoms with Gasteiger partial charge in [-0.25, -0.2) is 4.79 Å². The Hall–Kier alpha value is -1.84. The van der Waals surface area contributed by atoms with Gasteiger partial charge in [0.25, 0.3) is 0 Å². The molecule has 0 amide bonds. The number of fused-ring (bicyclic) bond motifs is 1. The Morgan fingerprint density at radius 2 is 1.84 bits per heavy atom. The van der Waals surface area contributed by atoms with Crippen molar-refractivity contribution in [1.29, 1.82) is 0 Å². The number of hydrogen-bond donors (Lipinski definition) is 2. The fraction of sp³-hybridized carbons (Fsp3) is 0.467. The number of aromatic nitrogens is 2. The monoisotopic (exact) mass is 258 g/mol. The van der Waals surface area contributed by atoms with Crippen LogP contribution in [0.1, 0.15) is 48.9 Å². The van der Waals surface area contributed by atoms with E-state index in [4.69, 9.17) is 0 Å². The average Bonchev–Trinajstić information content (AvgIpc) is 2.78. The Morgan fingerprint density at radius 3 is 2.63 bits per heavy atom. The number of hydrogen-bond acceptors (Lipinski definition) is 2. The van der Waals surface area contributed by atoms with Crippen LogP contribution in [0, 0.1) is 5.92 Å². The van der Waals surface area contributed by atoms with Crippen LogP contribution in [0.5, 0.6) is 0 Å². The number of aromatic amines is 2. The van der Waals surface area contributed by atoms with Gasteiger partial charge >= 0.3 is 5.69 Å². The Labute approximate surface area is 111 Å². The second-order valence-corrected chi connectivity index (χ2v) is 5.47. The molecule has 0 saturated heterocycles. The van der Waals surface area contributed by atoms with Gasteiger partial charge in [-0.2, -0.15) is 0 Å². The van der Waals surface area contributed by atoms with Crippen LogP contribution in [0.15, 0.2) is 23.0 Å². The maximum Gasteiger partial charge on any atom is 0.323 e. The molecule has 4 heteroatoms. The summed E-state index contributed by atoms with van der Waals surface area (Å²) in [5.74, 6) is 0.734. The summed E-state index contributed by atoms with van der Waals surface area (Å²) >= 11 is 0. The van der Waals surface area contributed by atoms with Gasteiger partial charge in [0.2, 0.25) is 0 Å². The van der Waals surface area contributed by atoms with Crippen molar-refractivity contribution < 1.29 is 4.79 Å². The van der Waals surface area contributed by atoms with Gasteiger partial charge in [0.15, 0.2) is 5.78 Å². The molecule has 0 unspecified atom stereocenters. The van der Waals surface area contributed by atoms with Gasteiger partial charge in [0, 0.05) is 12.0 Å². The predicted molar refractivity (Wildman–Crippen MR) is 74.4 cm³/mol. The molecule has 1 aliphatic rings. The maximum atomic E-state index is 12.3. The van der Waals surface area contributed by atoms with Crippen molar-refractivity contribution in [3.8, 4) is 0 Å². The van der Waals surface area contributed by atoms with E-state index in [1.165, 1.54) is 32.1 Å². The second kappa shape index (κ2) is 5.03. The molecular weight excluding hydrogens is 240 g/mol. The highest BCUT2D eigenvalue weighted by molar-refractivity contribution is 5.98. The quantitative estimate of drug-likeness (QED) is 0.831. The Kier molecular flexibility index (Phi) is 3.23. The lowest BCUT2D eigenvalue weighted by Crippen LogP contribution is -2.12. The van der Waals surface area contributed by atoms with E-state index in [9.17, 15) is 9.59 Å². The molecule has 4 nitrogen and oxygen atoms in total. The molecule has 2 N–H and O–H groups in total. The van der Waals surface area contributed by atoms with Crippen molar-refractivity contribution >= 4 is 16.8 Å². The molecule has 1 saturated carbocycles. The first kappa shape index (κ1) is 12.2. The summed E-state index contributed by atoms with van der Waals surface area (Å²) < 4.78 is 0. The lowest BCUT2D eigenvalue weighted by atomic mass is 9.85. The third-order valence-electron chi connectivity index (χ3n) is 4.04. The van der Waals surface area contributed by atoms with Crippen LogP contribution in [-0.2, 0) is 0 Å². The summed E-state index contributed by atoms with van der Waals surface area (Å²) in [6.07, 6.45) is 6.80. The molecule has 100 valence electrons. The van der Waals surface area contributed by atoms with Crippen molar-refractivity contribution in [3.05, 3.63) is 34.2 Å². The number of carbonyl (C=O) groups excluding carboxylic acids is 1. The van der Waals surface area contributed by atoms with Crippen LogP contribution in [0.4, 0.5) is 0 Å².